The lowest BCUT2D eigenvalue weighted by Crippen LogP contribution is -2.17. The van der Waals surface area contributed by atoms with Crippen molar-refractivity contribution in [3.8, 4) is 5.75 Å². The monoisotopic (exact) mass is 242 g/mol. The molecule has 0 aliphatic rings. The summed E-state index contributed by atoms with van der Waals surface area (Å²) in [5, 5.41) is 0. The second-order valence-corrected chi connectivity index (χ2v) is 4.35. The Labute approximate surface area is 108 Å². The zero-order valence-electron chi connectivity index (χ0n) is 10.8. The van der Waals surface area contributed by atoms with Gasteiger partial charge in [-0.1, -0.05) is 24.3 Å². The highest BCUT2D eigenvalue weighted by Crippen LogP contribution is 2.19. The van der Waals surface area contributed by atoms with Crippen molar-refractivity contribution >= 4 is 0 Å². The number of ether oxygens (including phenoxy) is 1. The van der Waals surface area contributed by atoms with Crippen molar-refractivity contribution in [1.29, 1.82) is 0 Å². The van der Waals surface area contributed by atoms with Gasteiger partial charge in [-0.05, 0) is 24.7 Å². The number of para-hydroxylation sites is 1. The maximum absolute atomic E-state index is 5.36. The quantitative estimate of drug-likeness (QED) is 0.806. The fourth-order valence-electron chi connectivity index (χ4n) is 1.98. The summed E-state index contributed by atoms with van der Waals surface area (Å²) in [6.45, 7) is 1.74. The van der Waals surface area contributed by atoms with E-state index >= 15 is 0 Å². The van der Waals surface area contributed by atoms with Crippen LogP contribution < -0.4 is 4.74 Å². The predicted octanol–water partition coefficient (Wildman–Crippen LogP) is 2.72. The number of hydrogen-bond donors (Lipinski definition) is 0. The van der Waals surface area contributed by atoms with Crippen LogP contribution in [0.3, 0.4) is 0 Å². The molecule has 0 saturated heterocycles. The summed E-state index contributed by atoms with van der Waals surface area (Å²) in [5.41, 5.74) is 2.42. The van der Waals surface area contributed by atoms with Crippen LogP contribution in [0.25, 0.3) is 0 Å². The molecule has 0 saturated carbocycles. The van der Waals surface area contributed by atoms with Crippen LogP contribution in [0.2, 0.25) is 0 Å². The molecule has 0 radical (unpaired) electrons. The average Bonchev–Trinajstić information content (AvgIpc) is 2.40. The van der Waals surface area contributed by atoms with Crippen molar-refractivity contribution in [3.63, 3.8) is 0 Å². The third-order valence-electron chi connectivity index (χ3n) is 2.81. The molecule has 0 aliphatic heterocycles. The highest BCUT2D eigenvalue weighted by molar-refractivity contribution is 5.33. The van der Waals surface area contributed by atoms with Gasteiger partial charge in [0.1, 0.15) is 5.75 Å². The van der Waals surface area contributed by atoms with Crippen molar-refractivity contribution in [3.05, 3.63) is 59.9 Å². The van der Waals surface area contributed by atoms with Crippen LogP contribution in [0.1, 0.15) is 11.1 Å². The molecule has 2 rings (SSSR count). The topological polar surface area (TPSA) is 25.4 Å². The molecule has 3 nitrogen and oxygen atoms in total. The normalized spacial score (nSPS) is 10.6. The minimum Gasteiger partial charge on any atom is -0.496 e. The van der Waals surface area contributed by atoms with Crippen molar-refractivity contribution in [2.45, 2.75) is 13.1 Å². The zero-order chi connectivity index (χ0) is 12.8. The van der Waals surface area contributed by atoms with Crippen molar-refractivity contribution in [2.24, 2.45) is 0 Å². The Hall–Kier alpha value is -1.87. The standard InChI is InChI=1S/C15H18N2O/c1-17(11-13-6-5-9-16-10-13)12-14-7-3-4-8-15(14)18-2/h3-10H,11-12H2,1-2H3. The van der Waals surface area contributed by atoms with Gasteiger partial charge >= 0.3 is 0 Å². The molecular weight excluding hydrogens is 224 g/mol. The molecule has 0 N–H and O–H groups in total. The lowest BCUT2D eigenvalue weighted by molar-refractivity contribution is 0.310. The van der Waals surface area contributed by atoms with E-state index in [-0.39, 0.29) is 0 Å². The van der Waals surface area contributed by atoms with E-state index in [1.165, 1.54) is 11.1 Å². The van der Waals surface area contributed by atoms with E-state index in [0.717, 1.165) is 18.8 Å². The van der Waals surface area contributed by atoms with Crippen LogP contribution in [0.4, 0.5) is 0 Å². The third-order valence-corrected chi connectivity index (χ3v) is 2.81. The first-order chi connectivity index (χ1) is 8.79. The summed E-state index contributed by atoms with van der Waals surface area (Å²) in [6, 6.07) is 12.2. The molecule has 0 amide bonds. The number of benzene rings is 1. The van der Waals surface area contributed by atoms with Gasteiger partial charge in [-0.2, -0.15) is 0 Å². The minimum absolute atomic E-state index is 0.860. The Morgan fingerprint density at radius 1 is 1.11 bits per heavy atom. The summed E-state index contributed by atoms with van der Waals surface area (Å²) >= 11 is 0. The van der Waals surface area contributed by atoms with E-state index in [2.05, 4.69) is 29.1 Å². The largest absolute Gasteiger partial charge is 0.496 e. The van der Waals surface area contributed by atoms with Crippen LogP contribution in [0.15, 0.2) is 48.8 Å². The molecule has 94 valence electrons. The Morgan fingerprint density at radius 3 is 2.67 bits per heavy atom. The molecule has 0 fully saturated rings. The van der Waals surface area contributed by atoms with E-state index in [9.17, 15) is 0 Å². The first-order valence-electron chi connectivity index (χ1n) is 5.99. The first-order valence-corrected chi connectivity index (χ1v) is 5.99. The fourth-order valence-corrected chi connectivity index (χ4v) is 1.98. The van der Waals surface area contributed by atoms with Crippen molar-refractivity contribution in [2.75, 3.05) is 14.2 Å². The Bertz CT molecular complexity index is 485. The molecule has 0 aliphatic carbocycles. The van der Waals surface area contributed by atoms with Crippen molar-refractivity contribution in [1.82, 2.24) is 9.88 Å². The lowest BCUT2D eigenvalue weighted by atomic mass is 10.2. The number of nitrogens with zero attached hydrogens (tertiary/aromatic N) is 2. The average molecular weight is 242 g/mol. The van der Waals surface area contributed by atoms with Gasteiger partial charge in [0.05, 0.1) is 7.11 Å². The Kier molecular flexibility index (Phi) is 4.31. The van der Waals surface area contributed by atoms with Crippen molar-refractivity contribution < 1.29 is 4.74 Å². The van der Waals surface area contributed by atoms with E-state index in [1.807, 2.05) is 30.5 Å². The number of pyridine rings is 1. The molecule has 1 aromatic carbocycles. The van der Waals surface area contributed by atoms with Gasteiger partial charge in [0.15, 0.2) is 0 Å². The summed E-state index contributed by atoms with van der Waals surface area (Å²) < 4.78 is 5.36. The highest BCUT2D eigenvalue weighted by atomic mass is 16.5. The number of rotatable bonds is 5. The van der Waals surface area contributed by atoms with Crippen LogP contribution in [-0.4, -0.2) is 24.0 Å². The van der Waals surface area contributed by atoms with E-state index in [4.69, 9.17) is 4.74 Å². The summed E-state index contributed by atoms with van der Waals surface area (Å²) in [7, 11) is 3.80. The molecule has 0 atom stereocenters. The molecule has 0 bridgehead atoms. The predicted molar refractivity (Wildman–Crippen MR) is 72.4 cm³/mol. The van der Waals surface area contributed by atoms with Gasteiger partial charge in [0.25, 0.3) is 0 Å². The van der Waals surface area contributed by atoms with Gasteiger partial charge in [-0.25, -0.2) is 0 Å². The second kappa shape index (κ2) is 6.17. The van der Waals surface area contributed by atoms with Crippen LogP contribution in [0, 0.1) is 0 Å². The minimum atomic E-state index is 0.860. The maximum atomic E-state index is 5.36. The molecule has 1 heterocycles. The van der Waals surface area contributed by atoms with Gasteiger partial charge in [-0.15, -0.1) is 0 Å². The summed E-state index contributed by atoms with van der Waals surface area (Å²) in [4.78, 5) is 6.37. The second-order valence-electron chi connectivity index (χ2n) is 4.35. The fraction of sp³-hybridized carbons (Fsp3) is 0.267. The summed E-state index contributed by atoms with van der Waals surface area (Å²) in [6.07, 6.45) is 3.70. The number of hydrogen-bond acceptors (Lipinski definition) is 3. The van der Waals surface area contributed by atoms with Crippen LogP contribution in [0.5, 0.6) is 5.75 Å². The molecule has 3 heteroatoms. The van der Waals surface area contributed by atoms with Gasteiger partial charge in [0.2, 0.25) is 0 Å². The molecule has 0 spiro atoms. The zero-order valence-corrected chi connectivity index (χ0v) is 10.8. The summed E-state index contributed by atoms with van der Waals surface area (Å²) in [5.74, 6) is 0.940. The Morgan fingerprint density at radius 2 is 1.94 bits per heavy atom. The van der Waals surface area contributed by atoms with Gasteiger partial charge in [0, 0.05) is 31.0 Å². The number of methoxy groups -OCH3 is 1. The third kappa shape index (κ3) is 3.31. The molecule has 18 heavy (non-hydrogen) atoms. The van der Waals surface area contributed by atoms with Crippen LogP contribution in [-0.2, 0) is 13.1 Å². The lowest BCUT2D eigenvalue weighted by Gasteiger charge is -2.18. The molecule has 2 aromatic rings. The van der Waals surface area contributed by atoms with E-state index < -0.39 is 0 Å². The SMILES string of the molecule is COc1ccccc1CN(C)Cc1cccnc1. The smallest absolute Gasteiger partial charge is 0.123 e. The van der Waals surface area contributed by atoms with E-state index in [0.29, 0.717) is 0 Å². The number of aromatic nitrogens is 1. The molecular formula is C15H18N2O. The molecule has 1 aromatic heterocycles. The Balaban J connectivity index is 2.01. The van der Waals surface area contributed by atoms with Crippen LogP contribution >= 0.6 is 0 Å². The maximum Gasteiger partial charge on any atom is 0.123 e. The van der Waals surface area contributed by atoms with E-state index in [1.54, 1.807) is 13.3 Å². The highest BCUT2D eigenvalue weighted by Gasteiger charge is 2.06. The van der Waals surface area contributed by atoms with Gasteiger partial charge in [-0.3, -0.25) is 9.88 Å². The first kappa shape index (κ1) is 12.6. The van der Waals surface area contributed by atoms with Gasteiger partial charge < -0.3 is 4.74 Å². The molecule has 0 unspecified atom stereocenters.